The van der Waals surface area contributed by atoms with Crippen LogP contribution in [0, 0.1) is 22.7 Å². The van der Waals surface area contributed by atoms with Crippen LogP contribution < -0.4 is 0 Å². The van der Waals surface area contributed by atoms with Gasteiger partial charge in [0.1, 0.15) is 24.2 Å². The fourth-order valence-electron chi connectivity index (χ4n) is 4.07. The Morgan fingerprint density at radius 3 is 2.59 bits per heavy atom. The highest BCUT2D eigenvalue weighted by atomic mass is 35.5. The number of rotatable bonds is 9. The molecule has 0 N–H and O–H groups in total. The van der Waals surface area contributed by atoms with E-state index in [1.54, 1.807) is 12.5 Å². The molecule has 0 aromatic carbocycles. The zero-order valence-electron chi connectivity index (χ0n) is 19.6. The van der Waals surface area contributed by atoms with E-state index in [0.29, 0.717) is 32.8 Å². The molecule has 34 heavy (non-hydrogen) atoms. The smallest absolute Gasteiger partial charge is 0.145 e. The van der Waals surface area contributed by atoms with Gasteiger partial charge in [-0.1, -0.05) is 19.6 Å². The van der Waals surface area contributed by atoms with Crippen molar-refractivity contribution in [1.29, 1.82) is 10.5 Å². The summed E-state index contributed by atoms with van der Waals surface area (Å²) in [5, 5.41) is 23.8. The quantitative estimate of drug-likeness (QED) is 0.239. The van der Waals surface area contributed by atoms with Gasteiger partial charge in [-0.2, -0.15) is 15.6 Å². The second-order valence-corrected chi connectivity index (χ2v) is 15.3. The summed E-state index contributed by atoms with van der Waals surface area (Å²) in [5.74, 6) is 0. The van der Waals surface area contributed by atoms with Gasteiger partial charge in [0.25, 0.3) is 0 Å². The second-order valence-electron chi connectivity index (χ2n) is 9.63. The van der Waals surface area contributed by atoms with Crippen LogP contribution in [-0.2, 0) is 17.0 Å². The molecule has 0 saturated carbocycles. The summed E-state index contributed by atoms with van der Waals surface area (Å²) >= 11 is 0. The van der Waals surface area contributed by atoms with Crippen molar-refractivity contribution in [3.63, 3.8) is 0 Å². The van der Waals surface area contributed by atoms with E-state index >= 15 is 0 Å². The Morgan fingerprint density at radius 1 is 1.15 bits per heavy atom. The maximum absolute atomic E-state index is 9.34. The lowest BCUT2D eigenvalue weighted by atomic mass is 9.87. The molecule has 3 aromatic rings. The minimum absolute atomic E-state index is 0. The highest BCUT2D eigenvalue weighted by Gasteiger charge is 2.45. The minimum Gasteiger partial charge on any atom is -0.361 e. The van der Waals surface area contributed by atoms with Crippen LogP contribution >= 0.6 is 24.8 Å². The van der Waals surface area contributed by atoms with Crippen LogP contribution in [0.3, 0.4) is 0 Å². The first-order chi connectivity index (χ1) is 15.3. The first-order valence-electron chi connectivity index (χ1n) is 10.7. The third kappa shape index (κ3) is 5.77. The lowest BCUT2D eigenvalue weighted by Crippen LogP contribution is -2.62. The van der Waals surface area contributed by atoms with E-state index in [2.05, 4.69) is 46.8 Å². The largest absolute Gasteiger partial charge is 0.361 e. The summed E-state index contributed by atoms with van der Waals surface area (Å²) in [5.41, 5.74) is 2.12. The molecule has 0 spiro atoms. The van der Waals surface area contributed by atoms with E-state index in [-0.39, 0.29) is 24.8 Å². The van der Waals surface area contributed by atoms with Gasteiger partial charge in [-0.05, 0) is 12.1 Å². The summed E-state index contributed by atoms with van der Waals surface area (Å²) in [6, 6.07) is 7.58. The van der Waals surface area contributed by atoms with Crippen molar-refractivity contribution < 1.29 is 4.74 Å². The SMILES string of the molecule is C[Si](C)(C)CCOCn1ccc2c(-c3cnn(C4(CC#N)CN(CC#N)C4)c3)ncnc21.Cl.Cl. The number of halogens is 2. The maximum atomic E-state index is 9.34. The molecule has 3 aromatic heterocycles. The Bertz CT molecular complexity index is 1180. The lowest BCUT2D eigenvalue weighted by Gasteiger charge is -2.48. The number of nitriles is 2. The van der Waals surface area contributed by atoms with Crippen molar-refractivity contribution in [1.82, 2.24) is 29.2 Å². The van der Waals surface area contributed by atoms with Gasteiger partial charge in [0.05, 0.1) is 37.0 Å². The fourth-order valence-corrected chi connectivity index (χ4v) is 4.82. The lowest BCUT2D eigenvalue weighted by molar-refractivity contribution is 0.0157. The zero-order valence-corrected chi connectivity index (χ0v) is 22.3. The second kappa shape index (κ2) is 11.3. The van der Waals surface area contributed by atoms with Crippen LogP contribution in [0.25, 0.3) is 22.3 Å². The van der Waals surface area contributed by atoms with E-state index in [1.807, 2.05) is 32.6 Å². The molecule has 12 heteroatoms. The van der Waals surface area contributed by atoms with E-state index in [9.17, 15) is 5.26 Å². The molecule has 0 amide bonds. The number of fused-ring (bicyclic) bond motifs is 1. The molecule has 0 bridgehead atoms. The van der Waals surface area contributed by atoms with Gasteiger partial charge in [-0.15, -0.1) is 24.8 Å². The first-order valence-corrected chi connectivity index (χ1v) is 14.5. The Balaban J connectivity index is 0.00000204. The van der Waals surface area contributed by atoms with Crippen LogP contribution in [0.15, 0.2) is 31.0 Å². The number of aromatic nitrogens is 5. The van der Waals surface area contributed by atoms with Crippen molar-refractivity contribution in [2.75, 3.05) is 26.2 Å². The molecule has 0 aliphatic carbocycles. The topological polar surface area (TPSA) is 109 Å². The van der Waals surface area contributed by atoms with Crippen molar-refractivity contribution in [2.45, 2.75) is 44.4 Å². The molecule has 1 aliphatic rings. The van der Waals surface area contributed by atoms with Gasteiger partial charge in [0, 0.05) is 51.1 Å². The summed E-state index contributed by atoms with van der Waals surface area (Å²) in [6.07, 6.45) is 7.63. The molecule has 1 fully saturated rings. The van der Waals surface area contributed by atoms with Crippen LogP contribution in [-0.4, -0.2) is 63.5 Å². The van der Waals surface area contributed by atoms with Crippen LogP contribution in [0.1, 0.15) is 6.42 Å². The molecule has 1 aliphatic heterocycles. The average Bonchev–Trinajstić information content (AvgIpc) is 3.36. The van der Waals surface area contributed by atoms with E-state index < -0.39 is 13.6 Å². The fraction of sp³-hybridized carbons (Fsp3) is 0.500. The Labute approximate surface area is 213 Å². The van der Waals surface area contributed by atoms with Crippen LogP contribution in [0.4, 0.5) is 0 Å². The first kappa shape index (κ1) is 27.8. The molecule has 0 radical (unpaired) electrons. The van der Waals surface area contributed by atoms with Gasteiger partial charge in [-0.25, -0.2) is 9.97 Å². The van der Waals surface area contributed by atoms with Crippen LogP contribution in [0.2, 0.25) is 25.7 Å². The standard InChI is InChI=1S/C22H28N8OSi.2ClH/c1-32(2,3)11-10-31-17-29-8-4-19-20(25-16-26-21(19)29)18-12-27-30(13-18)22(5-6-23)14-28(15-22)9-7-24;;/h4,8,12-13,16H,5,9-11,14-15,17H2,1-3H3;2*1H. The summed E-state index contributed by atoms with van der Waals surface area (Å²) in [4.78, 5) is 11.0. The van der Waals surface area contributed by atoms with E-state index in [1.165, 1.54) is 0 Å². The molecule has 4 rings (SSSR count). The summed E-state index contributed by atoms with van der Waals surface area (Å²) < 4.78 is 9.76. The highest BCUT2D eigenvalue weighted by Crippen LogP contribution is 2.34. The van der Waals surface area contributed by atoms with E-state index in [4.69, 9.17) is 10.00 Å². The molecule has 0 unspecified atom stereocenters. The monoisotopic (exact) mass is 520 g/mol. The van der Waals surface area contributed by atoms with Gasteiger partial charge in [0.2, 0.25) is 0 Å². The number of ether oxygens (including phenoxy) is 1. The summed E-state index contributed by atoms with van der Waals surface area (Å²) in [6.45, 7) is 9.87. The Morgan fingerprint density at radius 2 is 1.91 bits per heavy atom. The molecule has 182 valence electrons. The maximum Gasteiger partial charge on any atom is 0.145 e. The third-order valence-electron chi connectivity index (χ3n) is 5.86. The average molecular weight is 522 g/mol. The van der Waals surface area contributed by atoms with Crippen LogP contribution in [0.5, 0.6) is 0 Å². The number of hydrogen-bond donors (Lipinski definition) is 0. The van der Waals surface area contributed by atoms with Gasteiger partial charge in [0.15, 0.2) is 0 Å². The zero-order chi connectivity index (χ0) is 22.8. The van der Waals surface area contributed by atoms with Gasteiger partial charge < -0.3 is 9.30 Å². The predicted octanol–water partition coefficient (Wildman–Crippen LogP) is 3.90. The van der Waals surface area contributed by atoms with Crippen molar-refractivity contribution >= 4 is 43.9 Å². The molecule has 4 heterocycles. The Hall–Kier alpha value is -2.47. The summed E-state index contributed by atoms with van der Waals surface area (Å²) in [7, 11) is -1.12. The number of nitrogens with zero attached hydrogens (tertiary/aromatic N) is 8. The molecule has 1 saturated heterocycles. The molecule has 0 atom stereocenters. The normalized spacial score (nSPS) is 15.0. The molecular weight excluding hydrogens is 491 g/mol. The predicted molar refractivity (Wildman–Crippen MR) is 138 cm³/mol. The minimum atomic E-state index is -1.12. The van der Waals surface area contributed by atoms with E-state index in [0.717, 1.165) is 34.9 Å². The van der Waals surface area contributed by atoms with Gasteiger partial charge in [-0.3, -0.25) is 9.58 Å². The van der Waals surface area contributed by atoms with Crippen molar-refractivity contribution in [2.24, 2.45) is 0 Å². The van der Waals surface area contributed by atoms with Crippen molar-refractivity contribution in [3.8, 4) is 23.4 Å². The highest BCUT2D eigenvalue weighted by molar-refractivity contribution is 6.76. The third-order valence-corrected chi connectivity index (χ3v) is 7.57. The van der Waals surface area contributed by atoms with Crippen molar-refractivity contribution in [3.05, 3.63) is 31.0 Å². The number of hydrogen-bond acceptors (Lipinski definition) is 7. The Kier molecular flexibility index (Phi) is 9.23. The van der Waals surface area contributed by atoms with Gasteiger partial charge >= 0.3 is 0 Å². The number of likely N-dealkylation sites (tertiary alicyclic amines) is 1. The molecular formula is C22H30Cl2N8OSi. The molecule has 9 nitrogen and oxygen atoms in total.